The zero-order valence-corrected chi connectivity index (χ0v) is 8.37. The van der Waals surface area contributed by atoms with Crippen LogP contribution in [-0.4, -0.2) is 5.78 Å². The minimum atomic E-state index is 0.119. The summed E-state index contributed by atoms with van der Waals surface area (Å²) in [6.07, 6.45) is 1.68. The molecule has 0 aliphatic heterocycles. The molecule has 0 bridgehead atoms. The number of ketones is 1. The van der Waals surface area contributed by atoms with E-state index in [0.29, 0.717) is 0 Å². The number of hydrogen-bond donors (Lipinski definition) is 0. The molecule has 0 radical (unpaired) electrons. The summed E-state index contributed by atoms with van der Waals surface area (Å²) in [5.74, 6) is 0.119. The van der Waals surface area contributed by atoms with Crippen LogP contribution in [0.25, 0.3) is 0 Å². The molecule has 0 amide bonds. The van der Waals surface area contributed by atoms with Gasteiger partial charge in [-0.05, 0) is 38.3 Å². The lowest BCUT2D eigenvalue weighted by molar-refractivity contribution is 0.104. The maximum Gasteiger partial charge on any atom is 0.186 e. The van der Waals surface area contributed by atoms with Crippen molar-refractivity contribution >= 4 is 17.1 Å². The molecule has 0 aliphatic rings. The molecule has 0 saturated carbocycles. The van der Waals surface area contributed by atoms with Crippen molar-refractivity contribution in [1.29, 1.82) is 0 Å². The number of thiophene rings is 1. The van der Waals surface area contributed by atoms with Crippen LogP contribution < -0.4 is 0 Å². The van der Waals surface area contributed by atoms with Crippen molar-refractivity contribution < 1.29 is 4.79 Å². The number of allylic oxidation sites excluding steroid dienone is 2. The molecular formula is C10H12OS. The predicted molar refractivity (Wildman–Crippen MR) is 52.8 cm³/mol. The Morgan fingerprint density at radius 1 is 1.50 bits per heavy atom. The average Bonchev–Trinajstić information content (AvgIpc) is 2.33. The molecule has 1 aromatic rings. The largest absolute Gasteiger partial charge is 0.289 e. The van der Waals surface area contributed by atoms with Crippen LogP contribution in [0.1, 0.15) is 29.1 Å². The Morgan fingerprint density at radius 2 is 2.17 bits per heavy atom. The lowest BCUT2D eigenvalue weighted by atomic mass is 10.1. The summed E-state index contributed by atoms with van der Waals surface area (Å²) < 4.78 is 0. The summed E-state index contributed by atoms with van der Waals surface area (Å²) >= 11 is 1.61. The van der Waals surface area contributed by atoms with Gasteiger partial charge in [0.25, 0.3) is 0 Å². The Kier molecular flexibility index (Phi) is 2.82. The molecule has 0 unspecified atom stereocenters. The maximum atomic E-state index is 11.5. The molecule has 1 aromatic heterocycles. The second-order valence-corrected chi connectivity index (χ2v) is 4.10. The van der Waals surface area contributed by atoms with Gasteiger partial charge in [0.2, 0.25) is 0 Å². The quantitative estimate of drug-likeness (QED) is 0.504. The van der Waals surface area contributed by atoms with Crippen molar-refractivity contribution in [3.05, 3.63) is 33.5 Å². The van der Waals surface area contributed by atoms with Gasteiger partial charge in [-0.25, -0.2) is 0 Å². The molecular weight excluding hydrogens is 168 g/mol. The molecule has 0 aromatic carbocycles. The molecule has 0 fully saturated rings. The summed E-state index contributed by atoms with van der Waals surface area (Å²) in [5.41, 5.74) is 1.88. The van der Waals surface area contributed by atoms with Gasteiger partial charge in [0, 0.05) is 10.4 Å². The van der Waals surface area contributed by atoms with Gasteiger partial charge in [-0.2, -0.15) is 0 Å². The molecule has 1 heterocycles. The Labute approximate surface area is 76.7 Å². The molecule has 1 rings (SSSR count). The van der Waals surface area contributed by atoms with E-state index in [1.165, 1.54) is 0 Å². The van der Waals surface area contributed by atoms with Gasteiger partial charge in [0.1, 0.15) is 0 Å². The monoisotopic (exact) mass is 180 g/mol. The summed E-state index contributed by atoms with van der Waals surface area (Å²) in [6, 6.07) is 1.88. The third kappa shape index (κ3) is 2.05. The molecule has 64 valence electrons. The van der Waals surface area contributed by atoms with E-state index in [2.05, 4.69) is 0 Å². The van der Waals surface area contributed by atoms with Crippen molar-refractivity contribution in [3.63, 3.8) is 0 Å². The Hall–Kier alpha value is -0.890. The van der Waals surface area contributed by atoms with E-state index in [9.17, 15) is 4.79 Å². The number of carbonyl (C=O) groups excluding carboxylic acids is 1. The first-order valence-corrected chi connectivity index (χ1v) is 4.72. The fourth-order valence-corrected chi connectivity index (χ4v) is 1.68. The van der Waals surface area contributed by atoms with Crippen LogP contribution >= 0.6 is 11.3 Å². The highest BCUT2D eigenvalue weighted by Crippen LogP contribution is 2.16. The molecule has 0 N–H and O–H groups in total. The van der Waals surface area contributed by atoms with Crippen LogP contribution in [0.2, 0.25) is 0 Å². The van der Waals surface area contributed by atoms with Gasteiger partial charge >= 0.3 is 0 Å². The molecule has 2 heteroatoms. The van der Waals surface area contributed by atoms with Gasteiger partial charge in [0.05, 0.1) is 0 Å². The van der Waals surface area contributed by atoms with Crippen molar-refractivity contribution in [1.82, 2.24) is 0 Å². The lowest BCUT2D eigenvalue weighted by Gasteiger charge is -1.93. The molecule has 0 spiro atoms. The van der Waals surface area contributed by atoms with Crippen LogP contribution in [0.4, 0.5) is 0 Å². The zero-order valence-electron chi connectivity index (χ0n) is 7.55. The second-order valence-electron chi connectivity index (χ2n) is 2.98. The third-order valence-corrected chi connectivity index (χ3v) is 2.39. The predicted octanol–water partition coefficient (Wildman–Crippen LogP) is 3.21. The second kappa shape index (κ2) is 3.68. The van der Waals surface area contributed by atoms with Crippen LogP contribution in [-0.2, 0) is 0 Å². The highest BCUT2D eigenvalue weighted by atomic mass is 32.1. The minimum Gasteiger partial charge on any atom is -0.289 e. The first kappa shape index (κ1) is 9.20. The summed E-state index contributed by atoms with van der Waals surface area (Å²) in [4.78, 5) is 12.6. The van der Waals surface area contributed by atoms with E-state index >= 15 is 0 Å². The molecule has 1 nitrogen and oxygen atoms in total. The Morgan fingerprint density at radius 3 is 2.58 bits per heavy atom. The van der Waals surface area contributed by atoms with E-state index in [1.54, 1.807) is 17.4 Å². The van der Waals surface area contributed by atoms with E-state index in [1.807, 2.05) is 32.2 Å². The number of hydrogen-bond acceptors (Lipinski definition) is 2. The first-order valence-electron chi connectivity index (χ1n) is 3.84. The lowest BCUT2D eigenvalue weighted by Crippen LogP contribution is -1.94. The van der Waals surface area contributed by atoms with Crippen molar-refractivity contribution in [2.24, 2.45) is 0 Å². The minimum absolute atomic E-state index is 0.119. The maximum absolute atomic E-state index is 11.5. The van der Waals surface area contributed by atoms with Crippen molar-refractivity contribution in [2.75, 3.05) is 0 Å². The SMILES string of the molecule is CC(C)=CC(=O)c1ccsc1C. The van der Waals surface area contributed by atoms with E-state index in [-0.39, 0.29) is 5.78 Å². The highest BCUT2D eigenvalue weighted by Gasteiger charge is 2.05. The standard InChI is InChI=1S/C10H12OS/c1-7(2)6-10(11)9-4-5-12-8(9)3/h4-6H,1-3H3. The number of aryl methyl sites for hydroxylation is 1. The van der Waals surface area contributed by atoms with Crippen molar-refractivity contribution in [2.45, 2.75) is 20.8 Å². The van der Waals surface area contributed by atoms with E-state index < -0.39 is 0 Å². The van der Waals surface area contributed by atoms with Gasteiger partial charge < -0.3 is 0 Å². The number of rotatable bonds is 2. The van der Waals surface area contributed by atoms with Crippen LogP contribution in [0.15, 0.2) is 23.1 Å². The third-order valence-electron chi connectivity index (χ3n) is 1.54. The number of carbonyl (C=O) groups is 1. The van der Waals surface area contributed by atoms with Gasteiger partial charge in [-0.15, -0.1) is 11.3 Å². The van der Waals surface area contributed by atoms with E-state index in [4.69, 9.17) is 0 Å². The normalized spacial score (nSPS) is 9.58. The first-order chi connectivity index (χ1) is 5.61. The molecule has 0 saturated heterocycles. The van der Waals surface area contributed by atoms with E-state index in [0.717, 1.165) is 16.0 Å². The van der Waals surface area contributed by atoms with Crippen LogP contribution in [0.3, 0.4) is 0 Å². The average molecular weight is 180 g/mol. The fraction of sp³-hybridized carbons (Fsp3) is 0.300. The van der Waals surface area contributed by atoms with Crippen LogP contribution in [0.5, 0.6) is 0 Å². The smallest absolute Gasteiger partial charge is 0.186 e. The van der Waals surface area contributed by atoms with Gasteiger partial charge in [-0.1, -0.05) is 5.57 Å². The molecule has 0 atom stereocenters. The Balaban J connectivity index is 2.93. The van der Waals surface area contributed by atoms with Crippen molar-refractivity contribution in [3.8, 4) is 0 Å². The topological polar surface area (TPSA) is 17.1 Å². The van der Waals surface area contributed by atoms with Gasteiger partial charge in [-0.3, -0.25) is 4.79 Å². The summed E-state index contributed by atoms with van der Waals surface area (Å²) in [6.45, 7) is 5.83. The molecule has 12 heavy (non-hydrogen) atoms. The molecule has 0 aliphatic carbocycles. The summed E-state index contributed by atoms with van der Waals surface area (Å²) in [5, 5.41) is 1.95. The highest BCUT2D eigenvalue weighted by molar-refractivity contribution is 7.10. The fourth-order valence-electron chi connectivity index (χ4n) is 0.981. The van der Waals surface area contributed by atoms with Crippen LogP contribution in [0, 0.1) is 6.92 Å². The zero-order chi connectivity index (χ0) is 9.14. The van der Waals surface area contributed by atoms with Gasteiger partial charge in [0.15, 0.2) is 5.78 Å². The summed E-state index contributed by atoms with van der Waals surface area (Å²) in [7, 11) is 0. The Bertz CT molecular complexity index is 316.